The number of piperidine rings is 1. The zero-order chi connectivity index (χ0) is 12.2. The van der Waals surface area contributed by atoms with Gasteiger partial charge in [0.25, 0.3) is 0 Å². The van der Waals surface area contributed by atoms with Gasteiger partial charge in [-0.25, -0.2) is 0 Å². The topological polar surface area (TPSA) is 32.5 Å². The van der Waals surface area contributed by atoms with E-state index in [4.69, 9.17) is 5.73 Å². The van der Waals surface area contributed by atoms with Crippen LogP contribution in [0.25, 0.3) is 0 Å². The zero-order valence-corrected chi connectivity index (χ0v) is 11.5. The highest BCUT2D eigenvalue weighted by atomic mass is 15.2. The van der Waals surface area contributed by atoms with Gasteiger partial charge in [-0.1, -0.05) is 13.3 Å². The lowest BCUT2D eigenvalue weighted by Gasteiger charge is -2.45. The van der Waals surface area contributed by atoms with Gasteiger partial charge in [0.1, 0.15) is 0 Å². The lowest BCUT2D eigenvalue weighted by atomic mass is 9.90. The molecule has 3 nitrogen and oxygen atoms in total. The van der Waals surface area contributed by atoms with Crippen LogP contribution in [0.15, 0.2) is 0 Å². The predicted molar refractivity (Wildman–Crippen MR) is 70.6 cm³/mol. The van der Waals surface area contributed by atoms with Crippen molar-refractivity contribution in [3.8, 4) is 0 Å². The molecule has 16 heavy (non-hydrogen) atoms. The van der Waals surface area contributed by atoms with Crippen LogP contribution in [-0.4, -0.2) is 55.1 Å². The van der Waals surface area contributed by atoms with Crippen molar-refractivity contribution in [1.82, 2.24) is 9.80 Å². The second-order valence-corrected chi connectivity index (χ2v) is 5.60. The summed E-state index contributed by atoms with van der Waals surface area (Å²) in [6, 6.07) is 0.719. The molecule has 1 fully saturated rings. The first-order chi connectivity index (χ1) is 7.53. The summed E-state index contributed by atoms with van der Waals surface area (Å²) in [4.78, 5) is 4.97. The third-order valence-corrected chi connectivity index (χ3v) is 4.32. The molecule has 1 aliphatic heterocycles. The third kappa shape index (κ3) is 3.19. The number of hydrogen-bond donors (Lipinski definition) is 1. The van der Waals surface area contributed by atoms with Gasteiger partial charge in [0.15, 0.2) is 0 Å². The molecule has 0 radical (unpaired) electrons. The molecule has 1 unspecified atom stereocenters. The number of rotatable bonds is 5. The molecule has 0 bridgehead atoms. The molecule has 0 saturated carbocycles. The summed E-state index contributed by atoms with van der Waals surface area (Å²) in [5, 5.41) is 0. The Kier molecular flexibility index (Phi) is 5.22. The summed E-state index contributed by atoms with van der Waals surface area (Å²) in [7, 11) is 4.48. The summed E-state index contributed by atoms with van der Waals surface area (Å²) in [5.41, 5.74) is 6.17. The monoisotopic (exact) mass is 227 g/mol. The average Bonchev–Trinajstić information content (AvgIpc) is 2.29. The van der Waals surface area contributed by atoms with Crippen LogP contribution in [0.5, 0.6) is 0 Å². The minimum Gasteiger partial charge on any atom is -0.329 e. The van der Waals surface area contributed by atoms with E-state index in [0.29, 0.717) is 0 Å². The summed E-state index contributed by atoms with van der Waals surface area (Å²) in [5.74, 6) is 0. The van der Waals surface area contributed by atoms with Crippen molar-refractivity contribution < 1.29 is 0 Å². The smallest absolute Gasteiger partial charge is 0.0303 e. The Morgan fingerprint density at radius 2 is 1.94 bits per heavy atom. The van der Waals surface area contributed by atoms with E-state index < -0.39 is 0 Å². The number of nitrogens with two attached hydrogens (primary N) is 1. The van der Waals surface area contributed by atoms with Crippen molar-refractivity contribution in [2.24, 2.45) is 5.73 Å². The van der Waals surface area contributed by atoms with Crippen molar-refractivity contribution in [2.45, 2.75) is 51.1 Å². The molecular formula is C13H29N3. The minimum absolute atomic E-state index is 0.190. The summed E-state index contributed by atoms with van der Waals surface area (Å²) < 4.78 is 0. The molecule has 1 rings (SSSR count). The highest BCUT2D eigenvalue weighted by molar-refractivity contribution is 4.90. The summed E-state index contributed by atoms with van der Waals surface area (Å²) in [6.45, 7) is 7.78. The van der Waals surface area contributed by atoms with E-state index in [1.807, 2.05) is 0 Å². The number of likely N-dealkylation sites (N-methyl/N-ethyl adjacent to an activating group) is 1. The summed E-state index contributed by atoms with van der Waals surface area (Å²) in [6.07, 6.45) is 4.98. The first-order valence-electron chi connectivity index (χ1n) is 6.65. The number of hydrogen-bond acceptors (Lipinski definition) is 3. The predicted octanol–water partition coefficient (Wildman–Crippen LogP) is 1.53. The van der Waals surface area contributed by atoms with Gasteiger partial charge in [-0.15, -0.1) is 0 Å². The Labute approximate surface area is 101 Å². The van der Waals surface area contributed by atoms with Crippen LogP contribution in [-0.2, 0) is 0 Å². The Morgan fingerprint density at radius 3 is 2.38 bits per heavy atom. The molecule has 2 N–H and O–H groups in total. The summed E-state index contributed by atoms with van der Waals surface area (Å²) >= 11 is 0. The van der Waals surface area contributed by atoms with Gasteiger partial charge in [0, 0.05) is 18.1 Å². The van der Waals surface area contributed by atoms with Crippen molar-refractivity contribution in [2.75, 3.05) is 33.7 Å². The number of nitrogens with zero attached hydrogens (tertiary/aromatic N) is 2. The van der Waals surface area contributed by atoms with E-state index in [2.05, 4.69) is 37.7 Å². The Morgan fingerprint density at radius 1 is 1.38 bits per heavy atom. The van der Waals surface area contributed by atoms with Gasteiger partial charge in [-0.05, 0) is 53.4 Å². The van der Waals surface area contributed by atoms with Crippen molar-refractivity contribution in [3.05, 3.63) is 0 Å². The van der Waals surface area contributed by atoms with Crippen LogP contribution in [0.1, 0.15) is 39.5 Å². The lowest BCUT2D eigenvalue weighted by Crippen LogP contribution is -2.56. The van der Waals surface area contributed by atoms with Gasteiger partial charge >= 0.3 is 0 Å². The molecule has 0 aliphatic carbocycles. The fraction of sp³-hybridized carbons (Fsp3) is 1.00. The second kappa shape index (κ2) is 5.99. The van der Waals surface area contributed by atoms with E-state index in [1.54, 1.807) is 0 Å². The molecule has 1 saturated heterocycles. The maximum atomic E-state index is 5.98. The standard InChI is InChI=1S/C13H29N3/c1-5-8-13(2,11-14)16(4)12-6-9-15(3)10-7-12/h12H,5-11,14H2,1-4H3. The molecule has 0 amide bonds. The fourth-order valence-corrected chi connectivity index (χ4v) is 2.78. The van der Waals surface area contributed by atoms with Gasteiger partial charge in [-0.2, -0.15) is 0 Å². The quantitative estimate of drug-likeness (QED) is 0.773. The van der Waals surface area contributed by atoms with Gasteiger partial charge in [0.2, 0.25) is 0 Å². The van der Waals surface area contributed by atoms with Crippen LogP contribution >= 0.6 is 0 Å². The van der Waals surface area contributed by atoms with E-state index in [0.717, 1.165) is 12.6 Å². The van der Waals surface area contributed by atoms with Crippen LogP contribution in [0, 0.1) is 0 Å². The Hall–Kier alpha value is -0.120. The van der Waals surface area contributed by atoms with Crippen molar-refractivity contribution in [3.63, 3.8) is 0 Å². The molecular weight excluding hydrogens is 198 g/mol. The van der Waals surface area contributed by atoms with Crippen molar-refractivity contribution >= 4 is 0 Å². The molecule has 3 heteroatoms. The van der Waals surface area contributed by atoms with E-state index in [9.17, 15) is 0 Å². The third-order valence-electron chi connectivity index (χ3n) is 4.32. The molecule has 0 aromatic heterocycles. The van der Waals surface area contributed by atoms with Gasteiger partial charge in [0.05, 0.1) is 0 Å². The highest BCUT2D eigenvalue weighted by Gasteiger charge is 2.32. The number of likely N-dealkylation sites (tertiary alicyclic amines) is 1. The van der Waals surface area contributed by atoms with Crippen LogP contribution in [0.2, 0.25) is 0 Å². The molecule has 1 heterocycles. The van der Waals surface area contributed by atoms with E-state index in [-0.39, 0.29) is 5.54 Å². The molecule has 96 valence electrons. The zero-order valence-electron chi connectivity index (χ0n) is 11.5. The average molecular weight is 227 g/mol. The van der Waals surface area contributed by atoms with Crippen LogP contribution in [0.3, 0.4) is 0 Å². The van der Waals surface area contributed by atoms with Gasteiger partial charge in [-0.3, -0.25) is 4.90 Å². The lowest BCUT2D eigenvalue weighted by molar-refractivity contribution is 0.0485. The fourth-order valence-electron chi connectivity index (χ4n) is 2.78. The first kappa shape index (κ1) is 13.9. The minimum atomic E-state index is 0.190. The van der Waals surface area contributed by atoms with Crippen LogP contribution in [0.4, 0.5) is 0 Å². The molecule has 1 atom stereocenters. The Balaban J connectivity index is 2.57. The second-order valence-electron chi connectivity index (χ2n) is 5.60. The molecule has 0 spiro atoms. The normalized spacial score (nSPS) is 23.6. The largest absolute Gasteiger partial charge is 0.329 e. The van der Waals surface area contributed by atoms with E-state index >= 15 is 0 Å². The van der Waals surface area contributed by atoms with Crippen molar-refractivity contribution in [1.29, 1.82) is 0 Å². The SMILES string of the molecule is CCCC(C)(CN)N(C)C1CCN(C)CC1. The van der Waals surface area contributed by atoms with Crippen LogP contribution < -0.4 is 5.73 Å². The molecule has 0 aromatic rings. The maximum Gasteiger partial charge on any atom is 0.0303 e. The molecule has 0 aromatic carbocycles. The highest BCUT2D eigenvalue weighted by Crippen LogP contribution is 2.25. The Bertz CT molecular complexity index is 199. The maximum absolute atomic E-state index is 5.98. The molecule has 1 aliphatic rings. The van der Waals surface area contributed by atoms with E-state index in [1.165, 1.54) is 38.8 Å². The van der Waals surface area contributed by atoms with Gasteiger partial charge < -0.3 is 10.6 Å². The first-order valence-corrected chi connectivity index (χ1v) is 6.65.